The molecule has 0 amide bonds. The summed E-state index contributed by atoms with van der Waals surface area (Å²) in [4.78, 5) is 4.06. The quantitative estimate of drug-likeness (QED) is 0.455. The highest BCUT2D eigenvalue weighted by Gasteiger charge is 1.85. The van der Waals surface area contributed by atoms with Gasteiger partial charge < -0.3 is 10.7 Å². The molecule has 72 valence electrons. The fourth-order valence-electron chi connectivity index (χ4n) is 0.552. The van der Waals surface area contributed by atoms with E-state index in [0.29, 0.717) is 5.71 Å². The molecule has 0 rings (SSSR count). The van der Waals surface area contributed by atoms with Gasteiger partial charge in [-0.15, -0.1) is 0 Å². The smallest absolute Gasteiger partial charge is 0.0456 e. The fraction of sp³-hybridized carbons (Fsp3) is 0.333. The molecule has 13 heavy (non-hydrogen) atoms. The number of nitrogens with zero attached hydrogens (tertiary/aromatic N) is 1. The van der Waals surface area contributed by atoms with E-state index in [4.69, 9.17) is 5.41 Å². The lowest BCUT2D eigenvalue weighted by Gasteiger charge is -1.92. The predicted molar refractivity (Wildman–Crippen MR) is 67.1 cm³/mol. The summed E-state index contributed by atoms with van der Waals surface area (Å²) in [5.74, 6) is 0. The van der Waals surface area contributed by atoms with E-state index in [0.717, 1.165) is 10.1 Å². The highest BCUT2D eigenvalue weighted by atomic mass is 127. The molecule has 2 N–H and O–H groups in total. The Labute approximate surface area is 92.7 Å². The first-order chi connectivity index (χ1) is 6.20. The van der Waals surface area contributed by atoms with Crippen molar-refractivity contribution in [1.82, 2.24) is 5.32 Å². The van der Waals surface area contributed by atoms with Gasteiger partial charge in [0.2, 0.25) is 0 Å². The molecule has 0 aliphatic heterocycles. The van der Waals surface area contributed by atoms with E-state index in [1.165, 1.54) is 0 Å². The number of alkyl halides is 1. The third-order valence-electron chi connectivity index (χ3n) is 1.23. The highest BCUT2D eigenvalue weighted by molar-refractivity contribution is 14.1. The first kappa shape index (κ1) is 12.3. The van der Waals surface area contributed by atoms with E-state index in [2.05, 4.69) is 32.9 Å². The molecule has 0 bridgehead atoms. The maximum atomic E-state index is 7.11. The first-order valence-electron chi connectivity index (χ1n) is 3.86. The molecule has 0 radical (unpaired) electrons. The maximum absolute atomic E-state index is 7.11. The average molecular weight is 291 g/mol. The Kier molecular flexibility index (Phi) is 7.57. The van der Waals surface area contributed by atoms with E-state index in [9.17, 15) is 0 Å². The minimum absolute atomic E-state index is 0.527. The van der Waals surface area contributed by atoms with E-state index in [1.807, 2.05) is 6.08 Å². The summed E-state index contributed by atoms with van der Waals surface area (Å²) in [7, 11) is 1.77. The Balaban J connectivity index is 3.81. The first-order valence-corrected chi connectivity index (χ1v) is 5.39. The molecule has 0 spiro atoms. The number of allylic oxidation sites excluding steroid dienone is 2. The Hall–Kier alpha value is -0.650. The van der Waals surface area contributed by atoms with Gasteiger partial charge in [0, 0.05) is 35.3 Å². The Morgan fingerprint density at radius 2 is 2.08 bits per heavy atom. The van der Waals surface area contributed by atoms with E-state index < -0.39 is 0 Å². The molecule has 0 aromatic rings. The van der Waals surface area contributed by atoms with Crippen molar-refractivity contribution in [1.29, 1.82) is 5.41 Å². The van der Waals surface area contributed by atoms with Crippen molar-refractivity contribution in [3.63, 3.8) is 0 Å². The normalized spacial score (nSPS) is 12.7. The molecule has 0 atom stereocenters. The molecule has 0 aliphatic rings. The summed E-state index contributed by atoms with van der Waals surface area (Å²) in [5.41, 5.74) is 1.56. The molecular weight excluding hydrogens is 277 g/mol. The standard InChI is InChI=1S/C9H14IN3/c1-8(11)3-5-13-6-4-9(7-10)12-2/h3-6,11,13H,7H2,1-2H3/b5-3+,6-4+,11-8?,12-9+. The average Bonchev–Trinajstić information content (AvgIpc) is 2.11. The van der Waals surface area contributed by atoms with Crippen LogP contribution in [0.4, 0.5) is 0 Å². The number of halogens is 1. The fourth-order valence-corrected chi connectivity index (χ4v) is 1.15. The molecule has 0 saturated heterocycles. The lowest BCUT2D eigenvalue weighted by molar-refractivity contribution is 1.20. The van der Waals surface area contributed by atoms with Crippen LogP contribution >= 0.6 is 22.6 Å². The summed E-state index contributed by atoms with van der Waals surface area (Å²) in [6, 6.07) is 0. The van der Waals surface area contributed by atoms with Crippen LogP contribution in [0, 0.1) is 5.41 Å². The maximum Gasteiger partial charge on any atom is 0.0456 e. The van der Waals surface area contributed by atoms with Crippen LogP contribution in [0.25, 0.3) is 0 Å². The van der Waals surface area contributed by atoms with E-state index in [-0.39, 0.29) is 0 Å². The van der Waals surface area contributed by atoms with Gasteiger partial charge in [-0.2, -0.15) is 0 Å². The summed E-state index contributed by atoms with van der Waals surface area (Å²) in [5, 5.41) is 10.0. The third kappa shape index (κ3) is 7.70. The van der Waals surface area contributed by atoms with E-state index >= 15 is 0 Å². The zero-order valence-electron chi connectivity index (χ0n) is 7.84. The summed E-state index contributed by atoms with van der Waals surface area (Å²) in [6.07, 6.45) is 7.13. The number of aliphatic imine (C=N–C) groups is 1. The number of rotatable bonds is 5. The van der Waals surface area contributed by atoms with Crippen molar-refractivity contribution in [2.75, 3.05) is 11.5 Å². The van der Waals surface area contributed by atoms with Gasteiger partial charge in [0.1, 0.15) is 0 Å². The minimum Gasteiger partial charge on any atom is -0.368 e. The zero-order valence-corrected chi connectivity index (χ0v) is 10.00. The number of hydrogen-bond donors (Lipinski definition) is 2. The predicted octanol–water partition coefficient (Wildman–Crippen LogP) is 2.15. The van der Waals surface area contributed by atoms with Crippen molar-refractivity contribution in [2.45, 2.75) is 6.92 Å². The van der Waals surface area contributed by atoms with Crippen molar-refractivity contribution < 1.29 is 0 Å². The SMILES string of the molecule is C/N=C(\C=C\N/C=C/C(C)=N)CI. The van der Waals surface area contributed by atoms with Gasteiger partial charge in [0.05, 0.1) is 0 Å². The lowest BCUT2D eigenvalue weighted by Crippen LogP contribution is -1.99. The molecule has 0 aromatic heterocycles. The van der Waals surface area contributed by atoms with Crippen molar-refractivity contribution in [2.24, 2.45) is 4.99 Å². The number of hydrogen-bond acceptors (Lipinski definition) is 3. The molecular formula is C9H14IN3. The molecule has 0 unspecified atom stereocenters. The Bertz CT molecular complexity index is 241. The summed E-state index contributed by atoms with van der Waals surface area (Å²) < 4.78 is 0.903. The van der Waals surface area contributed by atoms with Crippen LogP contribution < -0.4 is 5.32 Å². The van der Waals surface area contributed by atoms with Gasteiger partial charge in [-0.3, -0.25) is 4.99 Å². The second-order valence-electron chi connectivity index (χ2n) is 2.36. The van der Waals surface area contributed by atoms with Crippen molar-refractivity contribution in [3.8, 4) is 0 Å². The van der Waals surface area contributed by atoms with Crippen LogP contribution in [0.5, 0.6) is 0 Å². The van der Waals surface area contributed by atoms with Gasteiger partial charge in [0.15, 0.2) is 0 Å². The van der Waals surface area contributed by atoms with Crippen LogP contribution in [0.15, 0.2) is 29.5 Å². The molecule has 0 saturated carbocycles. The Morgan fingerprint density at radius 3 is 2.54 bits per heavy atom. The molecule has 0 fully saturated rings. The summed E-state index contributed by atoms with van der Waals surface area (Å²) >= 11 is 2.26. The molecule has 3 nitrogen and oxygen atoms in total. The monoisotopic (exact) mass is 291 g/mol. The molecule has 0 aliphatic carbocycles. The Morgan fingerprint density at radius 1 is 1.46 bits per heavy atom. The topological polar surface area (TPSA) is 48.2 Å². The lowest BCUT2D eigenvalue weighted by atomic mass is 10.4. The summed E-state index contributed by atoms with van der Waals surface area (Å²) in [6.45, 7) is 1.73. The van der Waals surface area contributed by atoms with Crippen molar-refractivity contribution >= 4 is 34.0 Å². The molecule has 0 aromatic carbocycles. The third-order valence-corrected chi connectivity index (χ3v) is 2.01. The second-order valence-corrected chi connectivity index (χ2v) is 3.13. The number of nitrogens with one attached hydrogen (secondary N) is 2. The molecule has 0 heterocycles. The largest absolute Gasteiger partial charge is 0.368 e. The van der Waals surface area contributed by atoms with Crippen LogP contribution in [0.2, 0.25) is 0 Å². The van der Waals surface area contributed by atoms with Crippen molar-refractivity contribution in [3.05, 3.63) is 24.6 Å². The molecule has 4 heteroatoms. The highest BCUT2D eigenvalue weighted by Crippen LogP contribution is 1.87. The zero-order chi connectivity index (χ0) is 10.1. The van der Waals surface area contributed by atoms with Gasteiger partial charge in [0.25, 0.3) is 0 Å². The van der Waals surface area contributed by atoms with Crippen LogP contribution in [0.1, 0.15) is 6.92 Å². The van der Waals surface area contributed by atoms with Gasteiger partial charge in [-0.05, 0) is 19.1 Å². The van der Waals surface area contributed by atoms with Crippen LogP contribution in [-0.2, 0) is 0 Å². The van der Waals surface area contributed by atoms with Gasteiger partial charge in [-0.25, -0.2) is 0 Å². The van der Waals surface area contributed by atoms with Gasteiger partial charge >= 0.3 is 0 Å². The second kappa shape index (κ2) is 7.97. The van der Waals surface area contributed by atoms with Gasteiger partial charge in [-0.1, -0.05) is 22.6 Å². The van der Waals surface area contributed by atoms with Crippen LogP contribution in [-0.4, -0.2) is 22.9 Å². The minimum atomic E-state index is 0.527. The van der Waals surface area contributed by atoms with Crippen LogP contribution in [0.3, 0.4) is 0 Å². The van der Waals surface area contributed by atoms with E-state index in [1.54, 1.807) is 32.4 Å².